The van der Waals surface area contributed by atoms with Gasteiger partial charge in [0.05, 0.1) is 60.7 Å². The first-order valence-corrected chi connectivity index (χ1v) is 20.2. The number of aromatic nitrogens is 8. The molecule has 15 heteroatoms. The van der Waals surface area contributed by atoms with Crippen molar-refractivity contribution in [3.05, 3.63) is 127 Å². The maximum Gasteiger partial charge on any atom is 0.263 e. The molecule has 2 aliphatic heterocycles. The van der Waals surface area contributed by atoms with Gasteiger partial charge in [-0.05, 0) is 99.2 Å². The highest BCUT2D eigenvalue weighted by atomic mass is 16.5. The average molecular weight is 804 g/mol. The Morgan fingerprint density at radius 1 is 0.583 bits per heavy atom. The molecule has 0 unspecified atom stereocenters. The number of benzene rings is 4. The Bertz CT molecular complexity index is 3070. The molecular weight excluding hydrogens is 759 g/mol. The van der Waals surface area contributed by atoms with Gasteiger partial charge in [-0.25, -0.2) is 8.80 Å². The number of hydrogen-bond donors (Lipinski definition) is 0. The second kappa shape index (κ2) is 15.9. The summed E-state index contributed by atoms with van der Waals surface area (Å²) in [7, 11) is 3.21. The Morgan fingerprint density at radius 2 is 1.05 bits per heavy atom. The molecule has 304 valence electrons. The van der Waals surface area contributed by atoms with E-state index in [1.807, 2.05) is 89.4 Å². The molecule has 6 heterocycles. The zero-order chi connectivity index (χ0) is 41.5. The summed E-state index contributed by atoms with van der Waals surface area (Å²) in [5, 5.41) is 28.1. The van der Waals surface area contributed by atoms with E-state index >= 15 is 0 Å². The van der Waals surface area contributed by atoms with E-state index in [4.69, 9.17) is 14.7 Å². The fourth-order valence-corrected chi connectivity index (χ4v) is 8.38. The largest absolute Gasteiger partial charge is 0.493 e. The molecule has 2 saturated heterocycles. The van der Waals surface area contributed by atoms with E-state index in [-0.39, 0.29) is 11.1 Å². The minimum atomic E-state index is -0.0825. The number of nitrogens with zero attached hydrogens (tertiary/aromatic N) is 11. The topological polar surface area (TPSA) is 153 Å². The quantitative estimate of drug-likeness (QED) is 0.181. The van der Waals surface area contributed by atoms with Crippen LogP contribution in [0.15, 0.2) is 88.5 Å². The van der Waals surface area contributed by atoms with Crippen molar-refractivity contribution in [1.82, 2.24) is 38.3 Å². The molecule has 8 aromatic rings. The number of fused-ring (bicyclic) bond motifs is 6. The second-order valence-electron chi connectivity index (χ2n) is 15.5. The molecule has 0 saturated carbocycles. The Kier molecular flexibility index (Phi) is 10.1. The van der Waals surface area contributed by atoms with Gasteiger partial charge in [0.2, 0.25) is 23.5 Å². The summed E-state index contributed by atoms with van der Waals surface area (Å²) in [4.78, 5) is 31.4. The first-order chi connectivity index (χ1) is 29.3. The van der Waals surface area contributed by atoms with Gasteiger partial charge in [-0.15, -0.1) is 20.4 Å². The number of rotatable bonds is 8. The van der Waals surface area contributed by atoms with Crippen molar-refractivity contribution in [2.24, 2.45) is 0 Å². The molecule has 4 aromatic carbocycles. The van der Waals surface area contributed by atoms with Gasteiger partial charge in [0.25, 0.3) is 11.1 Å². The van der Waals surface area contributed by atoms with Crippen molar-refractivity contribution in [2.45, 2.75) is 52.6 Å². The third-order valence-electron chi connectivity index (χ3n) is 11.5. The summed E-state index contributed by atoms with van der Waals surface area (Å²) >= 11 is 0. The highest BCUT2D eigenvalue weighted by Crippen LogP contribution is 2.29. The van der Waals surface area contributed by atoms with Gasteiger partial charge in [0, 0.05) is 26.2 Å². The summed E-state index contributed by atoms with van der Waals surface area (Å²) in [5.41, 5.74) is 6.03. The van der Waals surface area contributed by atoms with Crippen molar-refractivity contribution in [2.75, 3.05) is 50.2 Å². The molecule has 2 aliphatic rings. The van der Waals surface area contributed by atoms with Gasteiger partial charge in [-0.3, -0.25) is 18.7 Å². The molecule has 0 spiro atoms. The smallest absolute Gasteiger partial charge is 0.263 e. The van der Waals surface area contributed by atoms with Crippen LogP contribution in [-0.2, 0) is 13.1 Å². The summed E-state index contributed by atoms with van der Waals surface area (Å²) < 4.78 is 18.2. The van der Waals surface area contributed by atoms with E-state index in [0.29, 0.717) is 52.5 Å². The fourth-order valence-electron chi connectivity index (χ4n) is 8.38. The highest BCUT2D eigenvalue weighted by molar-refractivity contribution is 5.83. The zero-order valence-corrected chi connectivity index (χ0v) is 34.1. The van der Waals surface area contributed by atoms with E-state index in [0.717, 1.165) is 97.0 Å². The van der Waals surface area contributed by atoms with Crippen molar-refractivity contribution in [3.8, 4) is 17.6 Å². The van der Waals surface area contributed by atoms with Gasteiger partial charge in [0.15, 0.2) is 11.5 Å². The second-order valence-corrected chi connectivity index (χ2v) is 15.5. The summed E-state index contributed by atoms with van der Waals surface area (Å²) in [6, 6.07) is 27.0. The number of methoxy groups -OCH3 is 2. The van der Waals surface area contributed by atoms with Crippen LogP contribution in [0.25, 0.3) is 33.4 Å². The fraction of sp³-hybridized carbons (Fsp3) is 0.311. The Balaban J connectivity index is 0.000000154. The standard InChI is InChI=1S/C23H25N5O3.C22H20N6O/c1-15-6-8-18-17(12-15)21(29)27(14-16-7-9-19(30-2)20(13-16)31-3)23-25-24-22(28(18)23)26-10-4-5-11-26;1-15-4-9-19-18(12-15)20(29)27(14-17-7-5-16(13-23)6-8-17)22-25-24-21(28(19)22)26-10-2-3-11-26/h6-9,12-13H,4-5,10-11,14H2,1-3H3;4-9,12H,2-3,10-11,14H2,1H3. The highest BCUT2D eigenvalue weighted by Gasteiger charge is 2.24. The lowest BCUT2D eigenvalue weighted by atomic mass is 10.1. The molecule has 0 bridgehead atoms. The molecule has 0 radical (unpaired) electrons. The van der Waals surface area contributed by atoms with Crippen LogP contribution < -0.4 is 30.4 Å². The molecule has 60 heavy (non-hydrogen) atoms. The Hall–Kier alpha value is -7.21. The van der Waals surface area contributed by atoms with Crippen LogP contribution in [0.4, 0.5) is 11.9 Å². The van der Waals surface area contributed by atoms with Gasteiger partial charge in [0.1, 0.15) is 0 Å². The molecule has 0 amide bonds. The summed E-state index contributed by atoms with van der Waals surface area (Å²) in [6.45, 7) is 8.50. The van der Waals surface area contributed by atoms with Crippen LogP contribution in [0.3, 0.4) is 0 Å². The first-order valence-electron chi connectivity index (χ1n) is 20.2. The monoisotopic (exact) mass is 803 g/mol. The molecule has 15 nitrogen and oxygen atoms in total. The van der Waals surface area contributed by atoms with Crippen LogP contribution >= 0.6 is 0 Å². The Labute approximate surface area is 345 Å². The number of nitriles is 1. The van der Waals surface area contributed by atoms with Gasteiger partial charge < -0.3 is 19.3 Å². The van der Waals surface area contributed by atoms with E-state index in [2.05, 4.69) is 36.3 Å². The zero-order valence-electron chi connectivity index (χ0n) is 34.1. The lowest BCUT2D eigenvalue weighted by Gasteiger charge is -2.17. The van der Waals surface area contributed by atoms with Crippen LogP contribution in [0.1, 0.15) is 53.5 Å². The van der Waals surface area contributed by atoms with Crippen LogP contribution in [-0.4, -0.2) is 78.7 Å². The minimum Gasteiger partial charge on any atom is -0.493 e. The van der Waals surface area contributed by atoms with Crippen LogP contribution in [0.2, 0.25) is 0 Å². The normalized spacial score (nSPS) is 14.0. The van der Waals surface area contributed by atoms with Gasteiger partial charge in [-0.1, -0.05) is 41.5 Å². The van der Waals surface area contributed by atoms with Crippen molar-refractivity contribution >= 4 is 45.3 Å². The Morgan fingerprint density at radius 3 is 1.52 bits per heavy atom. The number of ether oxygens (including phenoxy) is 2. The SMILES string of the molecule is COc1ccc(Cn2c(=O)c3cc(C)ccc3n3c(N4CCCC4)nnc23)cc1OC.Cc1ccc2c(c1)c(=O)n(Cc1ccc(C#N)cc1)c1nnc(N3CCCC3)n21. The van der Waals surface area contributed by atoms with E-state index in [1.54, 1.807) is 35.5 Å². The third kappa shape index (κ3) is 6.83. The number of aryl methyl sites for hydroxylation is 2. The molecule has 0 atom stereocenters. The average Bonchev–Trinajstić information content (AvgIpc) is 4.12. The summed E-state index contributed by atoms with van der Waals surface area (Å²) in [5.74, 6) is 3.94. The predicted octanol–water partition coefficient (Wildman–Crippen LogP) is 5.89. The maximum atomic E-state index is 13.5. The minimum absolute atomic E-state index is 0.0821. The number of anilines is 2. The molecule has 2 fully saturated rings. The van der Waals surface area contributed by atoms with Crippen LogP contribution in [0.5, 0.6) is 11.5 Å². The van der Waals surface area contributed by atoms with E-state index < -0.39 is 0 Å². The van der Waals surface area contributed by atoms with Crippen LogP contribution in [0, 0.1) is 25.2 Å². The van der Waals surface area contributed by atoms with Crippen molar-refractivity contribution < 1.29 is 9.47 Å². The molecular formula is C45H45N11O4. The van der Waals surface area contributed by atoms with Crippen molar-refractivity contribution in [3.63, 3.8) is 0 Å². The van der Waals surface area contributed by atoms with E-state index in [9.17, 15) is 9.59 Å². The van der Waals surface area contributed by atoms with Gasteiger partial charge in [-0.2, -0.15) is 5.26 Å². The lowest BCUT2D eigenvalue weighted by molar-refractivity contribution is 0.354. The van der Waals surface area contributed by atoms with E-state index in [1.165, 1.54) is 0 Å². The summed E-state index contributed by atoms with van der Waals surface area (Å²) in [6.07, 6.45) is 4.54. The molecule has 0 aliphatic carbocycles. The number of hydrogen-bond acceptors (Lipinski definition) is 11. The lowest BCUT2D eigenvalue weighted by Crippen LogP contribution is -2.26. The predicted molar refractivity (Wildman–Crippen MR) is 231 cm³/mol. The molecule has 4 aromatic heterocycles. The third-order valence-corrected chi connectivity index (χ3v) is 11.5. The molecule has 10 rings (SSSR count). The molecule has 0 N–H and O–H groups in total. The first kappa shape index (κ1) is 38.3. The maximum absolute atomic E-state index is 13.5. The van der Waals surface area contributed by atoms with Crippen molar-refractivity contribution in [1.29, 1.82) is 5.26 Å². The van der Waals surface area contributed by atoms with Gasteiger partial charge >= 0.3 is 0 Å².